The van der Waals surface area contributed by atoms with Crippen LogP contribution >= 0.6 is 23.1 Å². The Morgan fingerprint density at radius 1 is 0.866 bits per heavy atom. The number of imide groups is 1. The molecule has 18 heteroatoms. The van der Waals surface area contributed by atoms with Crippen molar-refractivity contribution in [2.24, 2.45) is 0 Å². The van der Waals surface area contributed by atoms with Gasteiger partial charge in [-0.15, -0.1) is 0 Å². The Balaban J connectivity index is 0.894. The lowest BCUT2D eigenvalue weighted by Crippen LogP contribution is -2.53. The maximum absolute atomic E-state index is 15.6. The predicted molar refractivity (Wildman–Crippen MR) is 262 cm³/mol. The molecule has 3 aliphatic rings. The molecule has 0 unspecified atom stereocenters. The minimum Gasteiger partial charge on any atom is -0.492 e. The van der Waals surface area contributed by atoms with Gasteiger partial charge in [0.1, 0.15) is 35.9 Å². The molecule has 0 saturated carbocycles. The molecule has 2 amide bonds. The Labute approximate surface area is 398 Å². The van der Waals surface area contributed by atoms with Crippen molar-refractivity contribution in [2.45, 2.75) is 77.7 Å². The molecule has 3 aromatic carbocycles. The molecular formula is C49H58BrF3N9O4P. The fraction of sp³-hybridized carbons (Fsp3) is 0.449. The normalized spacial score (nSPS) is 17.8. The highest BCUT2D eigenvalue weighted by Gasteiger charge is 2.33. The molecule has 0 spiro atoms. The molecule has 2 aromatic heterocycles. The van der Waals surface area contributed by atoms with E-state index in [1.165, 1.54) is 18.2 Å². The summed E-state index contributed by atoms with van der Waals surface area (Å²) in [4.78, 5) is 45.0. The zero-order valence-corrected chi connectivity index (χ0v) is 41.1. The number of piperidine rings is 2. The van der Waals surface area contributed by atoms with Crippen molar-refractivity contribution in [3.05, 3.63) is 93.0 Å². The third-order valence-electron chi connectivity index (χ3n) is 13.1. The van der Waals surface area contributed by atoms with Crippen molar-refractivity contribution >= 4 is 79.9 Å². The number of carbonyl (C=O) groups excluding carboxylic acids is 2. The van der Waals surface area contributed by atoms with Crippen LogP contribution in [0.15, 0.2) is 53.1 Å². The number of aryl methyl sites for hydroxylation is 2. The first-order valence-electron chi connectivity index (χ1n) is 23.2. The highest BCUT2D eigenvalue weighted by Crippen LogP contribution is 2.43. The van der Waals surface area contributed by atoms with Crippen molar-refractivity contribution in [3.8, 4) is 5.75 Å². The monoisotopic (exact) mass is 1000 g/mol. The molecule has 67 heavy (non-hydrogen) atoms. The molecule has 3 N–H and O–H groups in total. The third-order valence-corrected chi connectivity index (χ3v) is 15.3. The van der Waals surface area contributed by atoms with Crippen LogP contribution in [0.25, 0.3) is 10.9 Å². The number of rotatable bonds is 15. The number of aromatic nitrogens is 3. The number of nitrogens with one attached hydrogen (secondary N) is 3. The number of anilines is 5. The first-order chi connectivity index (χ1) is 32.1. The van der Waals surface area contributed by atoms with E-state index in [2.05, 4.69) is 75.6 Å². The summed E-state index contributed by atoms with van der Waals surface area (Å²) in [5.41, 5.74) is 4.56. The number of hydrogen-bond donors (Lipinski definition) is 3. The molecule has 13 nitrogen and oxygen atoms in total. The lowest BCUT2D eigenvalue weighted by Gasteiger charge is -2.43. The number of amides is 2. The van der Waals surface area contributed by atoms with E-state index in [0.29, 0.717) is 81.7 Å². The van der Waals surface area contributed by atoms with Gasteiger partial charge in [-0.2, -0.15) is 4.98 Å². The smallest absolute Gasteiger partial charge is 0.234 e. The minimum atomic E-state index is -2.94. The van der Waals surface area contributed by atoms with Gasteiger partial charge in [0.05, 0.1) is 28.4 Å². The number of halogens is 4. The maximum Gasteiger partial charge on any atom is 0.234 e. The summed E-state index contributed by atoms with van der Waals surface area (Å²) in [6.07, 6.45) is 5.71. The lowest BCUT2D eigenvalue weighted by atomic mass is 9.89. The van der Waals surface area contributed by atoms with Gasteiger partial charge in [-0.1, -0.05) is 19.9 Å². The first-order valence-corrected chi connectivity index (χ1v) is 26.6. The van der Waals surface area contributed by atoms with E-state index in [0.717, 1.165) is 75.5 Å². The van der Waals surface area contributed by atoms with E-state index in [1.807, 2.05) is 19.9 Å². The summed E-state index contributed by atoms with van der Waals surface area (Å²) >= 11 is 3.55. The zero-order valence-electron chi connectivity index (χ0n) is 38.7. The van der Waals surface area contributed by atoms with E-state index in [1.54, 1.807) is 25.6 Å². The van der Waals surface area contributed by atoms with Crippen LogP contribution in [0, 0.1) is 17.5 Å². The van der Waals surface area contributed by atoms with Gasteiger partial charge in [-0.25, -0.2) is 23.1 Å². The van der Waals surface area contributed by atoms with Crippen molar-refractivity contribution < 1.29 is 32.1 Å². The van der Waals surface area contributed by atoms with Gasteiger partial charge in [0.25, 0.3) is 0 Å². The zero-order chi connectivity index (χ0) is 47.6. The van der Waals surface area contributed by atoms with Crippen LogP contribution in [0.1, 0.15) is 74.8 Å². The number of ether oxygens (including phenoxy) is 1. The Bertz CT molecular complexity index is 2700. The van der Waals surface area contributed by atoms with E-state index in [9.17, 15) is 14.2 Å². The Morgan fingerprint density at radius 3 is 2.25 bits per heavy atom. The molecule has 1 atom stereocenters. The molecule has 3 saturated heterocycles. The van der Waals surface area contributed by atoms with Crippen LogP contribution < -0.4 is 30.9 Å². The van der Waals surface area contributed by atoms with Gasteiger partial charge >= 0.3 is 0 Å². The number of fused-ring (bicyclic) bond motifs is 1. The van der Waals surface area contributed by atoms with Crippen LogP contribution in [0.2, 0.25) is 0 Å². The van der Waals surface area contributed by atoms with E-state index in [4.69, 9.17) is 9.72 Å². The average molecular weight is 1000 g/mol. The van der Waals surface area contributed by atoms with Crippen molar-refractivity contribution in [1.82, 2.24) is 30.1 Å². The molecule has 0 aliphatic carbocycles. The Kier molecular flexibility index (Phi) is 14.9. The summed E-state index contributed by atoms with van der Waals surface area (Å²) in [7, 11) is -2.94. The van der Waals surface area contributed by atoms with Gasteiger partial charge in [-0.3, -0.25) is 19.8 Å². The fourth-order valence-electron chi connectivity index (χ4n) is 9.67. The second-order valence-corrected chi connectivity index (χ2v) is 21.9. The summed E-state index contributed by atoms with van der Waals surface area (Å²) in [6.45, 7) is 15.8. The quantitative estimate of drug-likeness (QED) is 0.0681. The summed E-state index contributed by atoms with van der Waals surface area (Å²) in [5, 5.41) is 9.80. The van der Waals surface area contributed by atoms with Gasteiger partial charge in [0.2, 0.25) is 17.8 Å². The maximum atomic E-state index is 15.6. The number of hydrogen-bond acceptors (Lipinski definition) is 12. The molecule has 5 heterocycles. The van der Waals surface area contributed by atoms with E-state index < -0.39 is 42.3 Å². The summed E-state index contributed by atoms with van der Waals surface area (Å²) in [5.74, 6) is -2.76. The average Bonchev–Trinajstić information content (AvgIpc) is 3.30. The second kappa shape index (κ2) is 20.6. The lowest BCUT2D eigenvalue weighted by molar-refractivity contribution is -0.134. The molecule has 0 bridgehead atoms. The van der Waals surface area contributed by atoms with Crippen LogP contribution in [-0.4, -0.2) is 108 Å². The SMILES string of the molecule is CCOc1cc(N2CCC(N3CCN(CCc4cc(F)c([C@H]5CCC(=O)NC5=O)c(F)c4)CC3)CC2)c(CC)cc1Nc1ncc(Br)c(Nc2cc(F)c3nc(CC)ccc3c2P(C)(C)=O)n1. The fourth-order valence-corrected chi connectivity index (χ4v) is 11.4. The van der Waals surface area contributed by atoms with Crippen molar-refractivity contribution in [2.75, 3.05) is 81.3 Å². The Hall–Kier alpha value is -5.09. The van der Waals surface area contributed by atoms with Gasteiger partial charge in [-0.05, 0) is 110 Å². The summed E-state index contributed by atoms with van der Waals surface area (Å²) in [6, 6.07) is 12.3. The van der Waals surface area contributed by atoms with Gasteiger partial charge in [0, 0.05) is 104 Å². The first kappa shape index (κ1) is 48.4. The molecule has 3 fully saturated rings. The number of benzene rings is 3. The van der Waals surface area contributed by atoms with Crippen LogP contribution in [-0.2, 0) is 33.4 Å². The second-order valence-electron chi connectivity index (χ2n) is 17.9. The number of piperazine rings is 1. The van der Waals surface area contributed by atoms with E-state index in [-0.39, 0.29) is 23.9 Å². The third kappa shape index (κ3) is 10.8. The molecule has 0 radical (unpaired) electrons. The highest BCUT2D eigenvalue weighted by molar-refractivity contribution is 9.10. The van der Waals surface area contributed by atoms with Gasteiger partial charge in [0.15, 0.2) is 5.82 Å². The highest BCUT2D eigenvalue weighted by atomic mass is 79.9. The van der Waals surface area contributed by atoms with Crippen LogP contribution in [0.3, 0.4) is 0 Å². The summed E-state index contributed by atoms with van der Waals surface area (Å²) < 4.78 is 66.4. The molecule has 8 rings (SSSR count). The predicted octanol–water partition coefficient (Wildman–Crippen LogP) is 8.81. The van der Waals surface area contributed by atoms with Crippen LogP contribution in [0.5, 0.6) is 5.75 Å². The molecule has 3 aliphatic heterocycles. The Morgan fingerprint density at radius 2 is 1.60 bits per heavy atom. The van der Waals surface area contributed by atoms with Gasteiger partial charge < -0.3 is 29.7 Å². The topological polar surface area (TPSA) is 145 Å². The minimum absolute atomic E-state index is 0.0577. The van der Waals surface area contributed by atoms with Crippen LogP contribution in [0.4, 0.5) is 42.0 Å². The molecule has 356 valence electrons. The largest absolute Gasteiger partial charge is 0.492 e. The molecule has 5 aromatic rings. The number of pyridine rings is 1. The number of nitrogens with zero attached hydrogens (tertiary/aromatic N) is 6. The van der Waals surface area contributed by atoms with Crippen molar-refractivity contribution in [3.63, 3.8) is 0 Å². The standard InChI is InChI=1S/C49H58BrF3N9O4P/c1-6-30-25-39(57-49-54-28-35(50)47(59-49)56-40-26-38(53)45-34(46(40)67(4,5)65)10-9-31(7-2)55-45)42(66-8-3)27-41(30)62-17-14-32(15-18-62)61-21-19-60(20-22-61)16-13-29-23-36(51)44(37(52)24-29)33-11-12-43(63)58-48(33)64/h9-10,23-28,32-33H,6-8,11-22H2,1-5H3,(H,58,63,64)(H2,54,56,57,59)/t33-/m1/s1. The number of carbonyl (C=O) groups is 2. The van der Waals surface area contributed by atoms with Crippen molar-refractivity contribution in [1.29, 1.82) is 0 Å². The van der Waals surface area contributed by atoms with E-state index >= 15 is 13.2 Å². The molecular weight excluding hydrogens is 946 g/mol.